The van der Waals surface area contributed by atoms with Crippen LogP contribution >= 0.6 is 0 Å². The Morgan fingerprint density at radius 2 is 1.83 bits per heavy atom. The van der Waals surface area contributed by atoms with E-state index in [1.54, 1.807) is 19.2 Å². The Balaban J connectivity index is 1.59. The summed E-state index contributed by atoms with van der Waals surface area (Å²) in [6.07, 6.45) is 0. The molecule has 3 rings (SSSR count). The van der Waals surface area contributed by atoms with Crippen LogP contribution in [-0.2, 0) is 6.61 Å². The van der Waals surface area contributed by atoms with Crippen LogP contribution in [0.4, 0.5) is 4.39 Å². The van der Waals surface area contributed by atoms with E-state index in [0.29, 0.717) is 18.1 Å². The fourth-order valence-electron chi connectivity index (χ4n) is 3.05. The molecule has 158 valence electrons. The number of hydrogen-bond acceptors (Lipinski definition) is 5. The molecule has 7 heteroatoms. The van der Waals surface area contributed by atoms with Crippen molar-refractivity contribution < 1.29 is 23.1 Å². The number of carbonyl (C=O) groups is 1. The number of benzene rings is 2. The Morgan fingerprint density at radius 1 is 1.10 bits per heavy atom. The molecule has 6 nitrogen and oxygen atoms in total. The Labute approximate surface area is 175 Å². The van der Waals surface area contributed by atoms with Crippen LogP contribution in [0.1, 0.15) is 27.9 Å². The summed E-state index contributed by atoms with van der Waals surface area (Å²) in [6, 6.07) is 16.6. The van der Waals surface area contributed by atoms with Crippen molar-refractivity contribution in [1.82, 2.24) is 10.2 Å². The number of nitrogens with one attached hydrogen (secondary N) is 1. The number of hydrogen-bond donors (Lipinski definition) is 1. The third-order valence-electron chi connectivity index (χ3n) is 4.66. The molecule has 1 amide bonds. The molecule has 0 aliphatic rings. The first-order chi connectivity index (χ1) is 14.5. The molecule has 1 N–H and O–H groups in total. The van der Waals surface area contributed by atoms with Gasteiger partial charge in [-0.15, -0.1) is 0 Å². The van der Waals surface area contributed by atoms with Gasteiger partial charge >= 0.3 is 0 Å². The third-order valence-corrected chi connectivity index (χ3v) is 4.66. The zero-order valence-electron chi connectivity index (χ0n) is 17.2. The van der Waals surface area contributed by atoms with Gasteiger partial charge in [-0.2, -0.15) is 0 Å². The smallest absolute Gasteiger partial charge is 0.287 e. The first-order valence-electron chi connectivity index (χ1n) is 9.52. The van der Waals surface area contributed by atoms with Gasteiger partial charge in [-0.1, -0.05) is 18.2 Å². The molecule has 0 saturated carbocycles. The maximum atomic E-state index is 12.9. The molecular weight excluding hydrogens is 387 g/mol. The highest BCUT2D eigenvalue weighted by Gasteiger charge is 2.20. The highest BCUT2D eigenvalue weighted by Crippen LogP contribution is 2.27. The molecule has 0 saturated heterocycles. The van der Waals surface area contributed by atoms with E-state index in [9.17, 15) is 9.18 Å². The molecule has 0 aliphatic heterocycles. The van der Waals surface area contributed by atoms with Crippen LogP contribution in [-0.4, -0.2) is 38.6 Å². The SMILES string of the molecule is COc1ccccc1C(CNC(=O)c1ccc(COc2ccc(F)cc2)o1)N(C)C. The summed E-state index contributed by atoms with van der Waals surface area (Å²) in [7, 11) is 5.52. The predicted octanol–water partition coefficient (Wildman–Crippen LogP) is 4.04. The van der Waals surface area contributed by atoms with Gasteiger partial charge in [0.05, 0.1) is 13.2 Å². The largest absolute Gasteiger partial charge is 0.496 e. The summed E-state index contributed by atoms with van der Waals surface area (Å²) >= 11 is 0. The second-order valence-electron chi connectivity index (χ2n) is 6.94. The summed E-state index contributed by atoms with van der Waals surface area (Å²) in [6.45, 7) is 0.523. The first kappa shape index (κ1) is 21.4. The molecule has 1 unspecified atom stereocenters. The topological polar surface area (TPSA) is 63.9 Å². The van der Waals surface area contributed by atoms with Crippen molar-refractivity contribution >= 4 is 5.91 Å². The van der Waals surface area contributed by atoms with Crippen LogP contribution in [0.25, 0.3) is 0 Å². The van der Waals surface area contributed by atoms with E-state index < -0.39 is 0 Å². The summed E-state index contributed by atoms with van der Waals surface area (Å²) in [5, 5.41) is 2.91. The van der Waals surface area contributed by atoms with Gasteiger partial charge in [0, 0.05) is 12.1 Å². The number of likely N-dealkylation sites (N-methyl/N-ethyl adjacent to an activating group) is 1. The van der Waals surface area contributed by atoms with E-state index >= 15 is 0 Å². The quantitative estimate of drug-likeness (QED) is 0.575. The Hall–Kier alpha value is -3.32. The molecule has 0 spiro atoms. The van der Waals surface area contributed by atoms with E-state index in [4.69, 9.17) is 13.9 Å². The summed E-state index contributed by atoms with van der Waals surface area (Å²) in [5.41, 5.74) is 0.984. The molecule has 1 aromatic heterocycles. The van der Waals surface area contributed by atoms with Crippen molar-refractivity contribution in [3.63, 3.8) is 0 Å². The lowest BCUT2D eigenvalue weighted by molar-refractivity contribution is 0.0909. The van der Waals surface area contributed by atoms with Crippen molar-refractivity contribution in [3.05, 3.63) is 83.6 Å². The molecule has 1 atom stereocenters. The van der Waals surface area contributed by atoms with E-state index in [-0.39, 0.29) is 30.1 Å². The fourth-order valence-corrected chi connectivity index (χ4v) is 3.05. The maximum Gasteiger partial charge on any atom is 0.287 e. The molecule has 3 aromatic rings. The molecule has 0 fully saturated rings. The molecule has 0 bridgehead atoms. The minimum absolute atomic E-state index is 0.0682. The lowest BCUT2D eigenvalue weighted by Crippen LogP contribution is -2.34. The Kier molecular flexibility index (Phi) is 7.08. The van der Waals surface area contributed by atoms with Gasteiger partial charge in [-0.05, 0) is 56.6 Å². The number of amides is 1. The highest BCUT2D eigenvalue weighted by molar-refractivity contribution is 5.91. The van der Waals surface area contributed by atoms with Crippen molar-refractivity contribution in [2.75, 3.05) is 27.7 Å². The summed E-state index contributed by atoms with van der Waals surface area (Å²) in [4.78, 5) is 14.6. The van der Waals surface area contributed by atoms with Crippen molar-refractivity contribution in [1.29, 1.82) is 0 Å². The lowest BCUT2D eigenvalue weighted by atomic mass is 10.0. The van der Waals surface area contributed by atoms with E-state index in [0.717, 1.165) is 11.3 Å². The Morgan fingerprint density at radius 3 is 2.53 bits per heavy atom. The van der Waals surface area contributed by atoms with Gasteiger partial charge in [0.1, 0.15) is 29.7 Å². The Bertz CT molecular complexity index is 969. The van der Waals surface area contributed by atoms with Crippen molar-refractivity contribution in [2.45, 2.75) is 12.6 Å². The number of ether oxygens (including phenoxy) is 2. The van der Waals surface area contributed by atoms with Crippen LogP contribution in [0.5, 0.6) is 11.5 Å². The van der Waals surface area contributed by atoms with Crippen LogP contribution in [0.2, 0.25) is 0 Å². The van der Waals surface area contributed by atoms with E-state index in [1.807, 2.05) is 43.3 Å². The second-order valence-corrected chi connectivity index (χ2v) is 6.94. The minimum Gasteiger partial charge on any atom is -0.496 e. The number of methoxy groups -OCH3 is 1. The number of para-hydroxylation sites is 1. The number of rotatable bonds is 9. The molecule has 0 radical (unpaired) electrons. The lowest BCUT2D eigenvalue weighted by Gasteiger charge is -2.26. The van der Waals surface area contributed by atoms with Crippen LogP contribution in [0.3, 0.4) is 0 Å². The first-order valence-corrected chi connectivity index (χ1v) is 9.52. The molecule has 2 aromatic carbocycles. The average Bonchev–Trinajstić information content (AvgIpc) is 3.22. The highest BCUT2D eigenvalue weighted by atomic mass is 19.1. The monoisotopic (exact) mass is 412 g/mol. The standard InChI is InChI=1S/C23H25FN2O4/c1-26(2)20(19-6-4-5-7-21(19)28-3)14-25-23(27)22-13-12-18(30-22)15-29-17-10-8-16(24)9-11-17/h4-13,20H,14-15H2,1-3H3,(H,25,27). The molecule has 30 heavy (non-hydrogen) atoms. The average molecular weight is 412 g/mol. The molecule has 1 heterocycles. The van der Waals surface area contributed by atoms with Crippen LogP contribution in [0.15, 0.2) is 65.1 Å². The van der Waals surface area contributed by atoms with Gasteiger partial charge in [-0.25, -0.2) is 4.39 Å². The van der Waals surface area contributed by atoms with Crippen molar-refractivity contribution in [2.24, 2.45) is 0 Å². The summed E-state index contributed by atoms with van der Waals surface area (Å²) in [5.74, 6) is 1.34. The summed E-state index contributed by atoms with van der Waals surface area (Å²) < 4.78 is 29.5. The zero-order chi connectivity index (χ0) is 21.5. The van der Waals surface area contributed by atoms with Crippen molar-refractivity contribution in [3.8, 4) is 11.5 Å². The third kappa shape index (κ3) is 5.39. The molecule has 0 aliphatic carbocycles. The number of nitrogens with zero attached hydrogens (tertiary/aromatic N) is 1. The van der Waals surface area contributed by atoms with Gasteiger partial charge < -0.3 is 24.1 Å². The van der Waals surface area contributed by atoms with E-state index in [1.165, 1.54) is 24.3 Å². The van der Waals surface area contributed by atoms with Gasteiger partial charge in [-0.3, -0.25) is 4.79 Å². The van der Waals surface area contributed by atoms with E-state index in [2.05, 4.69) is 5.32 Å². The fraction of sp³-hybridized carbons (Fsp3) is 0.261. The maximum absolute atomic E-state index is 12.9. The van der Waals surface area contributed by atoms with Gasteiger partial charge in [0.15, 0.2) is 5.76 Å². The van der Waals surface area contributed by atoms with Gasteiger partial charge in [0.2, 0.25) is 0 Å². The normalized spacial score (nSPS) is 11.9. The number of furan rings is 1. The zero-order valence-corrected chi connectivity index (χ0v) is 17.2. The minimum atomic E-state index is -0.330. The van der Waals surface area contributed by atoms with Gasteiger partial charge in [0.25, 0.3) is 5.91 Å². The van der Waals surface area contributed by atoms with Crippen LogP contribution < -0.4 is 14.8 Å². The number of carbonyl (C=O) groups excluding carboxylic acids is 1. The van der Waals surface area contributed by atoms with Crippen LogP contribution in [0, 0.1) is 5.82 Å². The number of halogens is 1. The predicted molar refractivity (Wildman–Crippen MR) is 111 cm³/mol. The molecular formula is C23H25FN2O4. The second kappa shape index (κ2) is 9.93.